The Hall–Kier alpha value is -1.25. The van der Waals surface area contributed by atoms with Crippen molar-refractivity contribution in [2.45, 2.75) is 20.3 Å². The van der Waals surface area contributed by atoms with Gasteiger partial charge in [0, 0.05) is 26.8 Å². The minimum Gasteiger partial charge on any atom is -0.372 e. The molecule has 1 heterocycles. The van der Waals surface area contributed by atoms with Crippen molar-refractivity contribution in [2.75, 3.05) is 27.2 Å². The first-order valence-electron chi connectivity index (χ1n) is 5.51. The molecule has 3 heteroatoms. The Morgan fingerprint density at radius 1 is 1.47 bits per heavy atom. The average molecular weight is 207 g/mol. The van der Waals surface area contributed by atoms with E-state index in [1.165, 1.54) is 5.57 Å². The van der Waals surface area contributed by atoms with Crippen molar-refractivity contribution in [3.63, 3.8) is 0 Å². The highest BCUT2D eigenvalue weighted by molar-refractivity contribution is 5.56. The summed E-state index contributed by atoms with van der Waals surface area (Å²) in [7, 11) is 3.97. The third-order valence-corrected chi connectivity index (χ3v) is 2.33. The van der Waals surface area contributed by atoms with Crippen molar-refractivity contribution in [1.29, 1.82) is 0 Å². The summed E-state index contributed by atoms with van der Waals surface area (Å²) >= 11 is 0. The molecule has 0 aromatic rings. The smallest absolute Gasteiger partial charge is 0.0903 e. The van der Waals surface area contributed by atoms with Gasteiger partial charge in [0.05, 0.1) is 18.6 Å². The molecule has 0 aliphatic carbocycles. The molecule has 0 unspecified atom stereocenters. The van der Waals surface area contributed by atoms with Crippen LogP contribution >= 0.6 is 0 Å². The molecule has 84 valence electrons. The summed E-state index contributed by atoms with van der Waals surface area (Å²) in [6.45, 7) is 6.31. The Morgan fingerprint density at radius 2 is 2.20 bits per heavy atom. The Bertz CT molecular complexity index is 287. The first kappa shape index (κ1) is 11.8. The van der Waals surface area contributed by atoms with E-state index in [0.29, 0.717) is 0 Å². The maximum Gasteiger partial charge on any atom is 0.0903 e. The molecule has 0 radical (unpaired) electrons. The molecule has 15 heavy (non-hydrogen) atoms. The second kappa shape index (κ2) is 5.59. The van der Waals surface area contributed by atoms with Crippen molar-refractivity contribution in [1.82, 2.24) is 9.80 Å². The van der Waals surface area contributed by atoms with Crippen LogP contribution in [-0.4, -0.2) is 43.3 Å². The van der Waals surface area contributed by atoms with E-state index in [2.05, 4.69) is 36.0 Å². The molecule has 1 rings (SSSR count). The average Bonchev–Trinajstić information content (AvgIpc) is 2.25. The molecule has 1 aliphatic heterocycles. The minimum atomic E-state index is 0.921. The topological polar surface area (TPSA) is 18.8 Å². The summed E-state index contributed by atoms with van der Waals surface area (Å²) in [5, 5.41) is 0. The lowest BCUT2D eigenvalue weighted by Gasteiger charge is -2.24. The number of aliphatic imine (C=N–C) groups is 1. The van der Waals surface area contributed by atoms with Gasteiger partial charge in [-0.1, -0.05) is 6.92 Å². The predicted octanol–water partition coefficient (Wildman–Crippen LogP) is 2.09. The molecule has 0 N–H and O–H groups in total. The lowest BCUT2D eigenvalue weighted by molar-refractivity contribution is 0.418. The maximum absolute atomic E-state index is 4.46. The molecule has 3 nitrogen and oxygen atoms in total. The third kappa shape index (κ3) is 3.78. The fourth-order valence-electron chi connectivity index (χ4n) is 1.45. The number of allylic oxidation sites excluding steroid dienone is 2. The van der Waals surface area contributed by atoms with Crippen molar-refractivity contribution >= 4 is 6.34 Å². The lowest BCUT2D eigenvalue weighted by Crippen LogP contribution is -2.23. The van der Waals surface area contributed by atoms with Gasteiger partial charge in [0.25, 0.3) is 0 Å². The van der Waals surface area contributed by atoms with E-state index >= 15 is 0 Å². The van der Waals surface area contributed by atoms with E-state index in [-0.39, 0.29) is 0 Å². The second-order valence-corrected chi connectivity index (χ2v) is 3.96. The van der Waals surface area contributed by atoms with Crippen molar-refractivity contribution in [3.05, 3.63) is 23.5 Å². The number of nitrogens with zero attached hydrogens (tertiary/aromatic N) is 3. The van der Waals surface area contributed by atoms with Crippen LogP contribution in [0, 0.1) is 0 Å². The minimum absolute atomic E-state index is 0.921. The van der Waals surface area contributed by atoms with Gasteiger partial charge in [-0.25, -0.2) is 4.99 Å². The maximum atomic E-state index is 4.46. The molecule has 0 bridgehead atoms. The summed E-state index contributed by atoms with van der Waals surface area (Å²) in [5.74, 6) is 0. The van der Waals surface area contributed by atoms with Crippen LogP contribution in [-0.2, 0) is 0 Å². The van der Waals surface area contributed by atoms with Crippen LogP contribution in [0.4, 0.5) is 0 Å². The van der Waals surface area contributed by atoms with Crippen LogP contribution in [0.15, 0.2) is 28.5 Å². The standard InChI is InChI=1S/C12H21N3/c1-5-11-7-12(13-10-14(3)4)9-15(6-2)8-11/h7-8,10H,5-6,9H2,1-4H3. The zero-order chi connectivity index (χ0) is 11.3. The zero-order valence-electron chi connectivity index (χ0n) is 10.2. The largest absolute Gasteiger partial charge is 0.372 e. The van der Waals surface area contributed by atoms with Crippen LogP contribution in [0.3, 0.4) is 0 Å². The summed E-state index contributed by atoms with van der Waals surface area (Å²) in [6, 6.07) is 0. The van der Waals surface area contributed by atoms with E-state index in [9.17, 15) is 0 Å². The fourth-order valence-corrected chi connectivity index (χ4v) is 1.45. The summed E-state index contributed by atoms with van der Waals surface area (Å²) < 4.78 is 0. The van der Waals surface area contributed by atoms with Gasteiger partial charge in [-0.2, -0.15) is 0 Å². The molecule has 0 saturated heterocycles. The molecule has 0 aromatic heterocycles. The van der Waals surface area contributed by atoms with Gasteiger partial charge in [-0.3, -0.25) is 0 Å². The van der Waals surface area contributed by atoms with Gasteiger partial charge in [0.15, 0.2) is 0 Å². The molecule has 0 atom stereocenters. The highest BCUT2D eigenvalue weighted by Gasteiger charge is 2.08. The van der Waals surface area contributed by atoms with Gasteiger partial charge in [0.1, 0.15) is 0 Å². The summed E-state index contributed by atoms with van der Waals surface area (Å²) in [5.41, 5.74) is 2.50. The second-order valence-electron chi connectivity index (χ2n) is 3.96. The molecular weight excluding hydrogens is 186 g/mol. The van der Waals surface area contributed by atoms with Gasteiger partial charge in [-0.05, 0) is 25.0 Å². The number of likely N-dealkylation sites (N-methyl/N-ethyl adjacent to an activating group) is 1. The van der Waals surface area contributed by atoms with Gasteiger partial charge in [0.2, 0.25) is 0 Å². The molecule has 0 aromatic carbocycles. The molecule has 0 amide bonds. The predicted molar refractivity (Wildman–Crippen MR) is 65.9 cm³/mol. The normalized spacial score (nSPS) is 16.7. The third-order valence-electron chi connectivity index (χ3n) is 2.33. The Balaban J connectivity index is 2.73. The highest BCUT2D eigenvalue weighted by Crippen LogP contribution is 2.16. The van der Waals surface area contributed by atoms with E-state index in [4.69, 9.17) is 0 Å². The summed E-state index contributed by atoms with van der Waals surface area (Å²) in [4.78, 5) is 8.71. The monoisotopic (exact) mass is 207 g/mol. The van der Waals surface area contributed by atoms with Gasteiger partial charge in [-0.15, -0.1) is 0 Å². The number of rotatable bonds is 4. The first-order chi connectivity index (χ1) is 7.15. The number of hydrogen-bond donors (Lipinski definition) is 0. The van der Waals surface area contributed by atoms with E-state index in [1.807, 2.05) is 25.3 Å². The summed E-state index contributed by atoms with van der Waals surface area (Å²) in [6.07, 6.45) is 7.34. The van der Waals surface area contributed by atoms with Gasteiger partial charge >= 0.3 is 0 Å². The highest BCUT2D eigenvalue weighted by atomic mass is 15.1. The van der Waals surface area contributed by atoms with Crippen molar-refractivity contribution < 1.29 is 0 Å². The van der Waals surface area contributed by atoms with E-state index in [1.54, 1.807) is 0 Å². The number of hydrogen-bond acceptors (Lipinski definition) is 2. The Labute approximate surface area is 92.8 Å². The Kier molecular flexibility index (Phi) is 4.40. The first-order valence-corrected chi connectivity index (χ1v) is 5.51. The Morgan fingerprint density at radius 3 is 2.73 bits per heavy atom. The van der Waals surface area contributed by atoms with Crippen LogP contribution < -0.4 is 0 Å². The van der Waals surface area contributed by atoms with E-state index < -0.39 is 0 Å². The van der Waals surface area contributed by atoms with Crippen LogP contribution in [0.25, 0.3) is 0 Å². The molecule has 0 saturated carbocycles. The van der Waals surface area contributed by atoms with E-state index in [0.717, 1.165) is 25.2 Å². The van der Waals surface area contributed by atoms with Crippen molar-refractivity contribution in [2.24, 2.45) is 4.99 Å². The van der Waals surface area contributed by atoms with Crippen LogP contribution in [0.5, 0.6) is 0 Å². The lowest BCUT2D eigenvalue weighted by atomic mass is 10.1. The van der Waals surface area contributed by atoms with Gasteiger partial charge < -0.3 is 9.80 Å². The van der Waals surface area contributed by atoms with Crippen LogP contribution in [0.2, 0.25) is 0 Å². The quantitative estimate of drug-likeness (QED) is 0.519. The fraction of sp³-hybridized carbons (Fsp3) is 0.583. The molecule has 1 aliphatic rings. The van der Waals surface area contributed by atoms with Crippen molar-refractivity contribution in [3.8, 4) is 0 Å². The molecule has 0 spiro atoms. The van der Waals surface area contributed by atoms with Crippen LogP contribution in [0.1, 0.15) is 20.3 Å². The zero-order valence-corrected chi connectivity index (χ0v) is 10.2. The SMILES string of the molecule is CCC1=CN(CC)CC(N=CN(C)C)=C1. The molecule has 0 fully saturated rings. The molecular formula is C12H21N3.